The molecule has 1 rings (SSSR count). The van der Waals surface area contributed by atoms with Crippen LogP contribution in [0.15, 0.2) is 18.2 Å². The molecule has 1 aromatic rings. The van der Waals surface area contributed by atoms with Crippen molar-refractivity contribution < 1.29 is 0 Å². The predicted molar refractivity (Wildman–Crippen MR) is 90.2 cm³/mol. The first-order chi connectivity index (χ1) is 9.31. The summed E-state index contributed by atoms with van der Waals surface area (Å²) < 4.78 is 0. The lowest BCUT2D eigenvalue weighted by atomic mass is 9.87. The fourth-order valence-corrected chi connectivity index (χ4v) is 1.72. The van der Waals surface area contributed by atoms with E-state index in [1.165, 1.54) is 5.56 Å². The fourth-order valence-electron chi connectivity index (χ4n) is 1.10. The van der Waals surface area contributed by atoms with Crippen molar-refractivity contribution >= 4 is 46.4 Å². The molecule has 20 heavy (non-hydrogen) atoms. The highest BCUT2D eigenvalue weighted by atomic mass is 35.5. The van der Waals surface area contributed by atoms with Gasteiger partial charge in [0.05, 0.1) is 0 Å². The molecule has 0 aliphatic carbocycles. The largest absolute Gasteiger partial charge is 0.0843 e. The number of halogens is 4. The molecule has 0 amide bonds. The van der Waals surface area contributed by atoms with E-state index in [-0.39, 0.29) is 5.41 Å². The average molecular weight is 346 g/mol. The van der Waals surface area contributed by atoms with Crippen LogP contribution in [0, 0.1) is 34.4 Å². The molecule has 0 aromatic heterocycles. The zero-order valence-electron chi connectivity index (χ0n) is 11.2. The van der Waals surface area contributed by atoms with Gasteiger partial charge in [0.1, 0.15) is 0 Å². The Morgan fingerprint density at radius 1 is 0.750 bits per heavy atom. The molecule has 0 aliphatic rings. The van der Waals surface area contributed by atoms with Gasteiger partial charge < -0.3 is 0 Å². The molecule has 1 aromatic carbocycles. The number of benzene rings is 1. The Kier molecular flexibility index (Phi) is 9.42. The van der Waals surface area contributed by atoms with E-state index in [4.69, 9.17) is 46.4 Å². The highest BCUT2D eigenvalue weighted by Gasteiger charge is 2.14. The van der Waals surface area contributed by atoms with Crippen molar-refractivity contribution in [3.05, 3.63) is 33.8 Å². The molecule has 0 saturated carbocycles. The lowest BCUT2D eigenvalue weighted by Gasteiger charge is -2.19. The summed E-state index contributed by atoms with van der Waals surface area (Å²) in [6.07, 6.45) is 0. The summed E-state index contributed by atoms with van der Waals surface area (Å²) in [4.78, 5) is 0. The van der Waals surface area contributed by atoms with Gasteiger partial charge in [-0.15, -0.1) is 0 Å². The third kappa shape index (κ3) is 9.04. The van der Waals surface area contributed by atoms with Crippen molar-refractivity contribution in [3.63, 3.8) is 0 Å². The molecular weight excluding hydrogens is 334 g/mol. The zero-order valence-corrected chi connectivity index (χ0v) is 14.3. The standard InChI is InChI=1S/C10H12Cl2.C6Cl2/c1-10(2,3)7-4-8(11)6-9(12)5-7;7-5-3-1-2-4-6-8/h4-6H,1-3H3;. The van der Waals surface area contributed by atoms with E-state index < -0.39 is 0 Å². The van der Waals surface area contributed by atoms with Gasteiger partial charge in [0.15, 0.2) is 0 Å². The predicted octanol–water partition coefficient (Wildman–Crippen LogP) is 5.68. The van der Waals surface area contributed by atoms with Crippen molar-refractivity contribution in [1.82, 2.24) is 0 Å². The Labute approximate surface area is 140 Å². The maximum Gasteiger partial charge on any atom is 0.0423 e. The molecule has 0 saturated heterocycles. The van der Waals surface area contributed by atoms with Crippen molar-refractivity contribution in [2.24, 2.45) is 0 Å². The van der Waals surface area contributed by atoms with Crippen LogP contribution < -0.4 is 0 Å². The average Bonchev–Trinajstić information content (AvgIpc) is 2.33. The Morgan fingerprint density at radius 3 is 1.45 bits per heavy atom. The molecule has 0 bridgehead atoms. The van der Waals surface area contributed by atoms with Crippen LogP contribution in [0.2, 0.25) is 10.0 Å². The van der Waals surface area contributed by atoms with Gasteiger partial charge in [0, 0.05) is 44.5 Å². The minimum absolute atomic E-state index is 0.106. The summed E-state index contributed by atoms with van der Waals surface area (Å²) >= 11 is 21.6. The number of rotatable bonds is 0. The first-order valence-corrected chi connectivity index (χ1v) is 7.00. The van der Waals surface area contributed by atoms with Crippen molar-refractivity contribution in [1.29, 1.82) is 0 Å². The van der Waals surface area contributed by atoms with E-state index in [1.54, 1.807) is 6.07 Å². The molecule has 0 aliphatic heterocycles. The lowest BCUT2D eigenvalue weighted by molar-refractivity contribution is 0.590. The third-order valence-corrected chi connectivity index (χ3v) is 2.64. The molecular formula is C16H12Cl4. The number of hydrogen-bond acceptors (Lipinski definition) is 0. The maximum atomic E-state index is 5.87. The van der Waals surface area contributed by atoms with Crippen LogP contribution in [0.25, 0.3) is 0 Å². The molecule has 0 atom stereocenters. The van der Waals surface area contributed by atoms with Crippen LogP contribution in [0.4, 0.5) is 0 Å². The normalized spacial score (nSPS) is 8.55. The van der Waals surface area contributed by atoms with Gasteiger partial charge >= 0.3 is 0 Å². The van der Waals surface area contributed by atoms with E-state index in [2.05, 4.69) is 55.2 Å². The van der Waals surface area contributed by atoms with E-state index in [0.29, 0.717) is 10.0 Å². The van der Waals surface area contributed by atoms with Gasteiger partial charge in [0.25, 0.3) is 0 Å². The SMILES string of the molecule is CC(C)(C)c1cc(Cl)cc(Cl)c1.ClC#CC#CC#CCl. The highest BCUT2D eigenvalue weighted by Crippen LogP contribution is 2.28. The molecule has 0 unspecified atom stereocenters. The monoisotopic (exact) mass is 344 g/mol. The van der Waals surface area contributed by atoms with Gasteiger partial charge in [-0.25, -0.2) is 0 Å². The highest BCUT2D eigenvalue weighted by molar-refractivity contribution is 6.34. The first kappa shape index (κ1) is 19.1. The second kappa shape index (κ2) is 9.88. The molecule has 104 valence electrons. The van der Waals surface area contributed by atoms with Crippen LogP contribution in [-0.2, 0) is 5.41 Å². The van der Waals surface area contributed by atoms with Gasteiger partial charge in [-0.1, -0.05) is 44.0 Å². The van der Waals surface area contributed by atoms with Crippen LogP contribution in [0.1, 0.15) is 26.3 Å². The van der Waals surface area contributed by atoms with Crippen molar-refractivity contribution in [2.45, 2.75) is 26.2 Å². The molecule has 0 fully saturated rings. The summed E-state index contributed by atoms with van der Waals surface area (Å²) in [5.41, 5.74) is 1.27. The molecule has 0 spiro atoms. The fraction of sp³-hybridized carbons (Fsp3) is 0.250. The summed E-state index contributed by atoms with van der Waals surface area (Å²) in [5.74, 6) is 9.22. The summed E-state index contributed by atoms with van der Waals surface area (Å²) in [6, 6.07) is 5.65. The zero-order chi connectivity index (χ0) is 15.6. The Balaban J connectivity index is 0.000000396. The van der Waals surface area contributed by atoms with Crippen molar-refractivity contribution in [2.75, 3.05) is 0 Å². The smallest absolute Gasteiger partial charge is 0.0423 e. The maximum absolute atomic E-state index is 5.87. The molecule has 4 heteroatoms. The van der Waals surface area contributed by atoms with Crippen molar-refractivity contribution in [3.8, 4) is 34.4 Å². The summed E-state index contributed by atoms with van der Waals surface area (Å²) in [7, 11) is 0. The summed E-state index contributed by atoms with van der Waals surface area (Å²) in [6.45, 7) is 6.40. The minimum atomic E-state index is 0.106. The van der Waals surface area contributed by atoms with Gasteiger partial charge in [0.2, 0.25) is 0 Å². The second-order valence-corrected chi connectivity index (χ2v) is 5.85. The van der Waals surface area contributed by atoms with Gasteiger partial charge in [-0.05, 0) is 52.4 Å². The van der Waals surface area contributed by atoms with Gasteiger partial charge in [-0.3, -0.25) is 0 Å². The van der Waals surface area contributed by atoms with E-state index in [1.807, 2.05) is 12.1 Å². The van der Waals surface area contributed by atoms with Crippen LogP contribution in [0.3, 0.4) is 0 Å². The minimum Gasteiger partial charge on any atom is -0.0843 e. The molecule has 0 radical (unpaired) electrons. The van der Waals surface area contributed by atoms with Gasteiger partial charge in [-0.2, -0.15) is 0 Å². The van der Waals surface area contributed by atoms with Crippen LogP contribution in [0.5, 0.6) is 0 Å². The third-order valence-electron chi connectivity index (χ3n) is 2.01. The van der Waals surface area contributed by atoms with Crippen LogP contribution >= 0.6 is 46.4 Å². The molecule has 0 nitrogen and oxygen atoms in total. The van der Waals surface area contributed by atoms with E-state index in [9.17, 15) is 0 Å². The second-order valence-electron chi connectivity index (χ2n) is 4.60. The van der Waals surface area contributed by atoms with E-state index in [0.717, 1.165) is 0 Å². The Morgan fingerprint density at radius 2 is 1.15 bits per heavy atom. The topological polar surface area (TPSA) is 0 Å². The Bertz CT molecular complexity index is 576. The first-order valence-electron chi connectivity index (χ1n) is 5.49. The molecule has 0 heterocycles. The summed E-state index contributed by atoms with van der Waals surface area (Å²) in [5, 5.41) is 5.53. The quantitative estimate of drug-likeness (QED) is 0.530. The number of hydrogen-bond donors (Lipinski definition) is 0. The Hall–Kier alpha value is -0.940. The van der Waals surface area contributed by atoms with Crippen LogP contribution in [-0.4, -0.2) is 0 Å². The lowest BCUT2D eigenvalue weighted by Crippen LogP contribution is -2.10. The molecule has 0 N–H and O–H groups in total. The van der Waals surface area contributed by atoms with E-state index >= 15 is 0 Å².